The standard InChI is InChI=1S/C23H21BN2O6/c1-14-12-15(2)21(16(3)13-14)24-31-22(17-8-4-6-10-19(17)25(27)28)23(32-24)18-9-5-7-11-20(18)26(29)30/h4-13,22-23H,1-3H3/t22-,23+. The largest absolute Gasteiger partial charge is 0.495 e. The van der Waals surface area contributed by atoms with Gasteiger partial charge in [0, 0.05) is 12.1 Å². The van der Waals surface area contributed by atoms with Crippen LogP contribution < -0.4 is 5.46 Å². The topological polar surface area (TPSA) is 105 Å². The van der Waals surface area contributed by atoms with Crippen molar-refractivity contribution in [1.29, 1.82) is 0 Å². The van der Waals surface area contributed by atoms with E-state index in [1.165, 1.54) is 12.1 Å². The second-order valence-corrected chi connectivity index (χ2v) is 7.89. The van der Waals surface area contributed by atoms with Gasteiger partial charge in [0.1, 0.15) is 12.2 Å². The molecule has 9 heteroatoms. The molecular formula is C23H21BN2O6. The van der Waals surface area contributed by atoms with E-state index < -0.39 is 29.2 Å². The molecule has 0 spiro atoms. The second-order valence-electron chi connectivity index (χ2n) is 7.89. The molecule has 8 nitrogen and oxygen atoms in total. The quantitative estimate of drug-likeness (QED) is 0.330. The minimum Gasteiger partial charge on any atom is -0.397 e. The maximum atomic E-state index is 11.7. The third-order valence-corrected chi connectivity index (χ3v) is 5.67. The van der Waals surface area contributed by atoms with E-state index in [1.807, 2.05) is 32.9 Å². The van der Waals surface area contributed by atoms with Crippen molar-refractivity contribution in [3.8, 4) is 0 Å². The molecule has 1 heterocycles. The summed E-state index contributed by atoms with van der Waals surface area (Å²) in [7, 11) is -0.828. The minimum atomic E-state index is -0.900. The number of aryl methyl sites for hydroxylation is 3. The minimum absolute atomic E-state index is 0.123. The Hall–Kier alpha value is -3.56. The van der Waals surface area contributed by atoms with Gasteiger partial charge >= 0.3 is 7.12 Å². The lowest BCUT2D eigenvalue weighted by Crippen LogP contribution is -2.36. The molecule has 4 rings (SSSR count). The Labute approximate surface area is 185 Å². The van der Waals surface area contributed by atoms with E-state index in [-0.39, 0.29) is 11.4 Å². The molecule has 1 fully saturated rings. The zero-order valence-corrected chi connectivity index (χ0v) is 17.8. The number of rotatable bonds is 5. The molecule has 1 aliphatic heterocycles. The predicted molar refractivity (Wildman–Crippen MR) is 120 cm³/mol. The fourth-order valence-electron chi connectivity index (χ4n) is 4.40. The van der Waals surface area contributed by atoms with Gasteiger partial charge in [-0.25, -0.2) is 0 Å². The van der Waals surface area contributed by atoms with E-state index in [9.17, 15) is 20.2 Å². The fraction of sp³-hybridized carbons (Fsp3) is 0.217. The van der Waals surface area contributed by atoms with Gasteiger partial charge in [0.2, 0.25) is 0 Å². The Kier molecular flexibility index (Phi) is 5.77. The smallest absolute Gasteiger partial charge is 0.397 e. The highest BCUT2D eigenvalue weighted by Gasteiger charge is 2.47. The van der Waals surface area contributed by atoms with E-state index in [0.717, 1.165) is 22.2 Å². The molecule has 2 atom stereocenters. The molecule has 0 aliphatic carbocycles. The molecule has 32 heavy (non-hydrogen) atoms. The van der Waals surface area contributed by atoms with E-state index in [1.54, 1.807) is 36.4 Å². The van der Waals surface area contributed by atoms with Crippen molar-refractivity contribution in [2.24, 2.45) is 0 Å². The summed E-state index contributed by atoms with van der Waals surface area (Å²) in [6.07, 6.45) is -1.80. The first-order valence-corrected chi connectivity index (χ1v) is 10.1. The number of nitro groups is 2. The number of nitro benzene ring substituents is 2. The monoisotopic (exact) mass is 432 g/mol. The first-order valence-electron chi connectivity index (χ1n) is 10.1. The van der Waals surface area contributed by atoms with Crippen molar-refractivity contribution in [3.05, 3.63) is 109 Å². The number of hydrogen-bond acceptors (Lipinski definition) is 6. The van der Waals surface area contributed by atoms with Crippen molar-refractivity contribution in [2.45, 2.75) is 33.0 Å². The summed E-state index contributed by atoms with van der Waals surface area (Å²) in [6, 6.07) is 16.5. The van der Waals surface area contributed by atoms with Crippen LogP contribution in [0.3, 0.4) is 0 Å². The molecule has 0 bridgehead atoms. The van der Waals surface area contributed by atoms with Crippen LogP contribution in [0, 0.1) is 41.0 Å². The van der Waals surface area contributed by atoms with Gasteiger partial charge in [-0.1, -0.05) is 53.1 Å². The first-order chi connectivity index (χ1) is 15.3. The third kappa shape index (κ3) is 3.88. The highest BCUT2D eigenvalue weighted by Crippen LogP contribution is 2.46. The number of benzene rings is 3. The molecule has 3 aromatic carbocycles. The van der Waals surface area contributed by atoms with Crippen LogP contribution >= 0.6 is 0 Å². The molecule has 1 aliphatic rings. The summed E-state index contributed by atoms with van der Waals surface area (Å²) in [5, 5.41) is 23.4. The van der Waals surface area contributed by atoms with Gasteiger partial charge < -0.3 is 9.31 Å². The average Bonchev–Trinajstić information content (AvgIpc) is 3.17. The SMILES string of the molecule is Cc1cc(C)c(B2O[C@H](c3ccccc3[N+](=O)[O-])[C@H](c3ccccc3[N+](=O)[O-])O2)c(C)c1. The Morgan fingerprint density at radius 2 is 1.16 bits per heavy atom. The Balaban J connectivity index is 1.87. The number of hydrogen-bond donors (Lipinski definition) is 0. The lowest BCUT2D eigenvalue weighted by atomic mass is 9.73. The molecule has 0 radical (unpaired) electrons. The van der Waals surface area contributed by atoms with E-state index in [4.69, 9.17) is 9.31 Å². The number of para-hydroxylation sites is 2. The first kappa shape index (κ1) is 21.7. The molecule has 1 saturated heterocycles. The normalized spacial score (nSPS) is 18.0. The van der Waals surface area contributed by atoms with Gasteiger partial charge in [0.25, 0.3) is 11.4 Å². The second kappa shape index (κ2) is 8.53. The Bertz CT molecular complexity index is 1130. The van der Waals surface area contributed by atoms with Crippen LogP contribution in [0.4, 0.5) is 11.4 Å². The summed E-state index contributed by atoms with van der Waals surface area (Å²) < 4.78 is 12.6. The van der Waals surface area contributed by atoms with Crippen LogP contribution in [0.2, 0.25) is 0 Å². The molecule has 162 valence electrons. The fourth-order valence-corrected chi connectivity index (χ4v) is 4.40. The van der Waals surface area contributed by atoms with Crippen LogP contribution in [0.1, 0.15) is 40.0 Å². The predicted octanol–water partition coefficient (Wildman–Crippen LogP) is 4.65. The molecule has 3 aromatic rings. The van der Waals surface area contributed by atoms with Gasteiger partial charge in [-0.15, -0.1) is 0 Å². The van der Waals surface area contributed by atoms with Crippen molar-refractivity contribution in [2.75, 3.05) is 0 Å². The Morgan fingerprint density at radius 3 is 1.56 bits per heavy atom. The van der Waals surface area contributed by atoms with Gasteiger partial charge in [-0.05, 0) is 38.4 Å². The van der Waals surface area contributed by atoms with E-state index >= 15 is 0 Å². The molecule has 0 aromatic heterocycles. The van der Waals surface area contributed by atoms with Crippen LogP contribution in [0.25, 0.3) is 0 Å². The van der Waals surface area contributed by atoms with Crippen molar-refractivity contribution < 1.29 is 19.2 Å². The maximum Gasteiger partial charge on any atom is 0.495 e. The molecule has 0 unspecified atom stereocenters. The molecular weight excluding hydrogens is 411 g/mol. The Morgan fingerprint density at radius 1 is 0.750 bits per heavy atom. The summed E-state index contributed by atoms with van der Waals surface area (Å²) in [4.78, 5) is 22.4. The van der Waals surface area contributed by atoms with E-state index in [2.05, 4.69) is 0 Å². The van der Waals surface area contributed by atoms with Crippen molar-refractivity contribution in [3.63, 3.8) is 0 Å². The van der Waals surface area contributed by atoms with E-state index in [0.29, 0.717) is 11.1 Å². The molecule has 0 saturated carbocycles. The van der Waals surface area contributed by atoms with Crippen LogP contribution in [-0.2, 0) is 9.31 Å². The zero-order chi connectivity index (χ0) is 23.0. The molecule has 0 N–H and O–H groups in total. The third-order valence-electron chi connectivity index (χ3n) is 5.67. The zero-order valence-electron chi connectivity index (χ0n) is 17.8. The van der Waals surface area contributed by atoms with Crippen molar-refractivity contribution >= 4 is 24.0 Å². The van der Waals surface area contributed by atoms with Crippen LogP contribution in [-0.4, -0.2) is 17.0 Å². The molecule has 0 amide bonds. The number of nitrogens with zero attached hydrogens (tertiary/aromatic N) is 2. The van der Waals surface area contributed by atoms with Gasteiger partial charge in [0.15, 0.2) is 0 Å². The summed E-state index contributed by atoms with van der Waals surface area (Å²) in [5.41, 5.74) is 4.20. The van der Waals surface area contributed by atoms with Crippen molar-refractivity contribution in [1.82, 2.24) is 0 Å². The highest BCUT2D eigenvalue weighted by molar-refractivity contribution is 6.63. The average molecular weight is 432 g/mol. The lowest BCUT2D eigenvalue weighted by Gasteiger charge is -2.19. The van der Waals surface area contributed by atoms with Gasteiger partial charge in [-0.3, -0.25) is 20.2 Å². The highest BCUT2D eigenvalue weighted by atomic mass is 16.7. The van der Waals surface area contributed by atoms with Crippen LogP contribution in [0.15, 0.2) is 60.7 Å². The maximum absolute atomic E-state index is 11.7. The summed E-state index contributed by atoms with van der Waals surface area (Å²) in [5.74, 6) is 0. The summed E-state index contributed by atoms with van der Waals surface area (Å²) >= 11 is 0. The van der Waals surface area contributed by atoms with Gasteiger partial charge in [-0.2, -0.15) is 0 Å². The van der Waals surface area contributed by atoms with Gasteiger partial charge in [0.05, 0.1) is 21.0 Å². The lowest BCUT2D eigenvalue weighted by molar-refractivity contribution is -0.387. The summed E-state index contributed by atoms with van der Waals surface area (Å²) in [6.45, 7) is 5.88. The van der Waals surface area contributed by atoms with Crippen LogP contribution in [0.5, 0.6) is 0 Å².